The molecule has 0 rings (SSSR count). The maximum absolute atomic E-state index is 2.54. The summed E-state index contributed by atoms with van der Waals surface area (Å²) in [6.07, 6.45) is 0. The minimum absolute atomic E-state index is 0.830. The van der Waals surface area contributed by atoms with Crippen LogP contribution in [-0.4, -0.2) is 28.1 Å². The van der Waals surface area contributed by atoms with E-state index in [1.165, 1.54) is 23.5 Å². The SMILES string of the molecule is CC(C)CN([SiH3])CC(C)C. The van der Waals surface area contributed by atoms with Gasteiger partial charge in [-0.25, -0.2) is 0 Å². The highest BCUT2D eigenvalue weighted by Gasteiger charge is 2.02. The van der Waals surface area contributed by atoms with Crippen LogP contribution in [0.1, 0.15) is 27.7 Å². The van der Waals surface area contributed by atoms with E-state index in [4.69, 9.17) is 0 Å². The monoisotopic (exact) mass is 159 g/mol. The smallest absolute Gasteiger partial charge is 0.0784 e. The molecule has 0 saturated carbocycles. The molecule has 2 heteroatoms. The Kier molecular flexibility index (Phi) is 5.00. The molecule has 10 heavy (non-hydrogen) atoms. The van der Waals surface area contributed by atoms with Crippen LogP contribution < -0.4 is 0 Å². The van der Waals surface area contributed by atoms with E-state index >= 15 is 0 Å². The molecular weight excluding hydrogens is 138 g/mol. The third-order valence-corrected chi connectivity index (χ3v) is 2.08. The molecule has 0 aromatic carbocycles. The highest BCUT2D eigenvalue weighted by Crippen LogP contribution is 1.99. The maximum atomic E-state index is 2.54. The standard InChI is InChI=1S/C8H21NSi/c1-7(2)5-9(10)6-8(3)4/h7-8H,5-6H2,1-4,10H3. The van der Waals surface area contributed by atoms with Crippen LogP contribution >= 0.6 is 0 Å². The Morgan fingerprint density at radius 2 is 1.30 bits per heavy atom. The summed E-state index contributed by atoms with van der Waals surface area (Å²) in [4.78, 5) is 0. The molecule has 0 radical (unpaired) electrons. The van der Waals surface area contributed by atoms with E-state index in [2.05, 4.69) is 32.3 Å². The first-order valence-corrected chi connectivity index (χ1v) is 5.10. The first-order valence-electron chi connectivity index (χ1n) is 4.21. The zero-order valence-electron chi connectivity index (χ0n) is 8.02. The summed E-state index contributed by atoms with van der Waals surface area (Å²) in [6, 6.07) is 0. The van der Waals surface area contributed by atoms with Gasteiger partial charge in [-0.1, -0.05) is 27.7 Å². The van der Waals surface area contributed by atoms with Crippen LogP contribution in [0.3, 0.4) is 0 Å². The second-order valence-electron chi connectivity index (χ2n) is 4.01. The first kappa shape index (κ1) is 10.2. The second kappa shape index (κ2) is 4.91. The van der Waals surface area contributed by atoms with E-state index in [1.807, 2.05) is 0 Å². The van der Waals surface area contributed by atoms with Gasteiger partial charge in [0.05, 0.1) is 10.4 Å². The van der Waals surface area contributed by atoms with Gasteiger partial charge >= 0.3 is 0 Å². The Balaban J connectivity index is 3.34. The lowest BCUT2D eigenvalue weighted by Crippen LogP contribution is -2.28. The lowest BCUT2D eigenvalue weighted by molar-refractivity contribution is 0.352. The molecule has 0 amide bonds. The number of hydrogen-bond donors (Lipinski definition) is 0. The first-order chi connectivity index (χ1) is 4.52. The van der Waals surface area contributed by atoms with E-state index in [9.17, 15) is 0 Å². The van der Waals surface area contributed by atoms with Gasteiger partial charge in [0.1, 0.15) is 0 Å². The van der Waals surface area contributed by atoms with Crippen molar-refractivity contribution in [3.05, 3.63) is 0 Å². The van der Waals surface area contributed by atoms with Gasteiger partial charge in [0, 0.05) is 0 Å². The topological polar surface area (TPSA) is 3.24 Å². The summed E-state index contributed by atoms with van der Waals surface area (Å²) in [6.45, 7) is 11.7. The minimum atomic E-state index is 0.830. The van der Waals surface area contributed by atoms with Crippen LogP contribution in [0.4, 0.5) is 0 Å². The highest BCUT2D eigenvalue weighted by molar-refractivity contribution is 6.04. The summed E-state index contributed by atoms with van der Waals surface area (Å²) in [7, 11) is 1.22. The molecule has 62 valence electrons. The number of rotatable bonds is 4. The molecule has 0 spiro atoms. The molecule has 0 aromatic rings. The fraction of sp³-hybridized carbons (Fsp3) is 1.00. The van der Waals surface area contributed by atoms with Gasteiger partial charge in [-0.05, 0) is 24.9 Å². The molecule has 0 aromatic heterocycles. The van der Waals surface area contributed by atoms with Crippen LogP contribution in [0.15, 0.2) is 0 Å². The molecule has 0 aliphatic rings. The van der Waals surface area contributed by atoms with Crippen LogP contribution in [0, 0.1) is 11.8 Å². The van der Waals surface area contributed by atoms with Crippen LogP contribution in [0.2, 0.25) is 0 Å². The largest absolute Gasteiger partial charge is 0.332 e. The van der Waals surface area contributed by atoms with Gasteiger partial charge in [-0.2, -0.15) is 0 Å². The minimum Gasteiger partial charge on any atom is -0.332 e. The molecule has 0 fully saturated rings. The Hall–Kier alpha value is 0.177. The second-order valence-corrected chi connectivity index (χ2v) is 5.27. The molecule has 0 saturated heterocycles. The van der Waals surface area contributed by atoms with Crippen LogP contribution in [-0.2, 0) is 0 Å². The summed E-state index contributed by atoms with van der Waals surface area (Å²) in [5.41, 5.74) is 0. The third kappa shape index (κ3) is 6.30. The van der Waals surface area contributed by atoms with Crippen LogP contribution in [0.5, 0.6) is 0 Å². The molecule has 0 bridgehead atoms. The Labute approximate surface area is 68.3 Å². The van der Waals surface area contributed by atoms with E-state index in [0.29, 0.717) is 0 Å². The molecule has 1 nitrogen and oxygen atoms in total. The van der Waals surface area contributed by atoms with Crippen molar-refractivity contribution in [2.45, 2.75) is 27.7 Å². The van der Waals surface area contributed by atoms with Gasteiger partial charge in [0.2, 0.25) is 0 Å². The van der Waals surface area contributed by atoms with E-state index in [1.54, 1.807) is 0 Å². The zero-order chi connectivity index (χ0) is 8.15. The third-order valence-electron chi connectivity index (χ3n) is 1.35. The lowest BCUT2D eigenvalue weighted by atomic mass is 10.2. The maximum Gasteiger partial charge on any atom is 0.0784 e. The van der Waals surface area contributed by atoms with Crippen molar-refractivity contribution in [1.82, 2.24) is 4.57 Å². The Morgan fingerprint density at radius 3 is 1.50 bits per heavy atom. The van der Waals surface area contributed by atoms with Gasteiger partial charge in [-0.15, -0.1) is 0 Å². The Bertz CT molecular complexity index is 71.3. The molecular formula is C8H21NSi. The average Bonchev–Trinajstić information content (AvgIpc) is 1.58. The zero-order valence-corrected chi connectivity index (χ0v) is 10.0. The molecule has 0 aliphatic heterocycles. The van der Waals surface area contributed by atoms with Crippen molar-refractivity contribution in [3.63, 3.8) is 0 Å². The lowest BCUT2D eigenvalue weighted by Gasteiger charge is -2.20. The summed E-state index contributed by atoms with van der Waals surface area (Å²) >= 11 is 0. The predicted octanol–water partition coefficient (Wildman–Crippen LogP) is 0.881. The van der Waals surface area contributed by atoms with Crippen molar-refractivity contribution in [3.8, 4) is 0 Å². The van der Waals surface area contributed by atoms with Crippen molar-refractivity contribution >= 4 is 10.4 Å². The molecule has 0 N–H and O–H groups in total. The quantitative estimate of drug-likeness (QED) is 0.551. The fourth-order valence-electron chi connectivity index (χ4n) is 1.32. The molecule has 0 heterocycles. The van der Waals surface area contributed by atoms with Crippen molar-refractivity contribution in [2.75, 3.05) is 13.1 Å². The van der Waals surface area contributed by atoms with Gasteiger partial charge < -0.3 is 4.57 Å². The van der Waals surface area contributed by atoms with E-state index in [-0.39, 0.29) is 0 Å². The van der Waals surface area contributed by atoms with Gasteiger partial charge in [0.15, 0.2) is 0 Å². The fourth-order valence-corrected chi connectivity index (χ4v) is 2.78. The number of nitrogens with zero attached hydrogens (tertiary/aromatic N) is 1. The summed E-state index contributed by atoms with van der Waals surface area (Å²) < 4.78 is 2.54. The molecule has 0 atom stereocenters. The normalized spacial score (nSPS) is 12.3. The summed E-state index contributed by atoms with van der Waals surface area (Å²) in [5.74, 6) is 1.66. The molecule has 0 aliphatic carbocycles. The van der Waals surface area contributed by atoms with Crippen molar-refractivity contribution in [1.29, 1.82) is 0 Å². The van der Waals surface area contributed by atoms with Gasteiger partial charge in [-0.3, -0.25) is 0 Å². The van der Waals surface area contributed by atoms with Crippen LogP contribution in [0.25, 0.3) is 0 Å². The van der Waals surface area contributed by atoms with E-state index in [0.717, 1.165) is 11.8 Å². The summed E-state index contributed by atoms with van der Waals surface area (Å²) in [5, 5.41) is 0. The van der Waals surface area contributed by atoms with E-state index < -0.39 is 0 Å². The number of hydrogen-bond acceptors (Lipinski definition) is 1. The van der Waals surface area contributed by atoms with Crippen molar-refractivity contribution < 1.29 is 0 Å². The van der Waals surface area contributed by atoms with Gasteiger partial charge in [0.25, 0.3) is 0 Å². The van der Waals surface area contributed by atoms with Crippen molar-refractivity contribution in [2.24, 2.45) is 11.8 Å². The average molecular weight is 159 g/mol. The highest BCUT2D eigenvalue weighted by atomic mass is 28.2. The predicted molar refractivity (Wildman–Crippen MR) is 51.2 cm³/mol. The molecule has 0 unspecified atom stereocenters. The Morgan fingerprint density at radius 1 is 1.00 bits per heavy atom.